The smallest absolute Gasteiger partial charge is 0.317 e. The lowest BCUT2D eigenvalue weighted by molar-refractivity contribution is 0.203. The summed E-state index contributed by atoms with van der Waals surface area (Å²) in [5.74, 6) is 0. The topological polar surface area (TPSA) is 32.3 Å². The molecule has 0 radical (unpaired) electrons. The van der Waals surface area contributed by atoms with Crippen LogP contribution in [0.2, 0.25) is 0 Å². The Hall–Kier alpha value is -1.81. The average molecular weight is 328 g/mol. The van der Waals surface area contributed by atoms with E-state index in [1.54, 1.807) is 16.2 Å². The van der Waals surface area contributed by atoms with Crippen LogP contribution in [0.25, 0.3) is 0 Å². The van der Waals surface area contributed by atoms with Crippen molar-refractivity contribution in [3.63, 3.8) is 0 Å². The predicted octanol–water partition coefficient (Wildman–Crippen LogP) is 4.40. The van der Waals surface area contributed by atoms with E-state index in [9.17, 15) is 4.79 Å². The van der Waals surface area contributed by atoms with E-state index in [4.69, 9.17) is 0 Å². The summed E-state index contributed by atoms with van der Waals surface area (Å²) in [7, 11) is 1.86. The molecule has 1 aromatic heterocycles. The van der Waals surface area contributed by atoms with Crippen molar-refractivity contribution in [2.24, 2.45) is 0 Å². The van der Waals surface area contributed by atoms with Crippen molar-refractivity contribution in [3.8, 4) is 0 Å². The second kappa shape index (κ2) is 7.18. The number of rotatable bonds is 5. The first-order chi connectivity index (χ1) is 11.2. The SMILES string of the molecule is CN(Cc1cccs1)C(=O)NCC1(c2ccccc2)CCCC1. The normalized spacial score (nSPS) is 16.2. The first-order valence-corrected chi connectivity index (χ1v) is 9.14. The monoisotopic (exact) mass is 328 g/mol. The standard InChI is InChI=1S/C19H24N2OS/c1-21(14-17-10-7-13-23-17)18(22)20-15-19(11-5-6-12-19)16-8-3-2-4-9-16/h2-4,7-10,13H,5-6,11-12,14-15H2,1H3,(H,20,22). The molecule has 1 aliphatic carbocycles. The third-order valence-corrected chi connectivity index (χ3v) is 5.71. The lowest BCUT2D eigenvalue weighted by atomic mass is 9.79. The van der Waals surface area contributed by atoms with Crippen LogP contribution < -0.4 is 5.32 Å². The number of nitrogens with zero attached hydrogens (tertiary/aromatic N) is 1. The number of benzene rings is 1. The fraction of sp³-hybridized carbons (Fsp3) is 0.421. The number of nitrogens with one attached hydrogen (secondary N) is 1. The first kappa shape index (κ1) is 16.1. The Morgan fingerprint density at radius 1 is 1.17 bits per heavy atom. The zero-order chi connectivity index (χ0) is 16.1. The molecule has 4 heteroatoms. The molecule has 1 N–H and O–H groups in total. The highest BCUT2D eigenvalue weighted by atomic mass is 32.1. The van der Waals surface area contributed by atoms with E-state index >= 15 is 0 Å². The predicted molar refractivity (Wildman–Crippen MR) is 95.8 cm³/mol. The van der Waals surface area contributed by atoms with Crippen LogP contribution in [-0.2, 0) is 12.0 Å². The minimum absolute atomic E-state index is 0.0145. The van der Waals surface area contributed by atoms with Gasteiger partial charge in [-0.15, -0.1) is 11.3 Å². The Morgan fingerprint density at radius 2 is 1.91 bits per heavy atom. The molecule has 1 fully saturated rings. The molecular weight excluding hydrogens is 304 g/mol. The van der Waals surface area contributed by atoms with Gasteiger partial charge in [0.2, 0.25) is 0 Å². The van der Waals surface area contributed by atoms with E-state index in [-0.39, 0.29) is 11.4 Å². The van der Waals surface area contributed by atoms with Gasteiger partial charge in [-0.1, -0.05) is 49.2 Å². The summed E-state index contributed by atoms with van der Waals surface area (Å²) >= 11 is 1.69. The van der Waals surface area contributed by atoms with Gasteiger partial charge in [-0.2, -0.15) is 0 Å². The number of urea groups is 1. The Balaban J connectivity index is 1.62. The summed E-state index contributed by atoms with van der Waals surface area (Å²) in [6.07, 6.45) is 4.81. The Kier molecular flexibility index (Phi) is 5.01. The molecule has 3 rings (SSSR count). The summed E-state index contributed by atoms with van der Waals surface area (Å²) in [6.45, 7) is 1.40. The van der Waals surface area contributed by atoms with E-state index in [2.05, 4.69) is 41.7 Å². The van der Waals surface area contributed by atoms with Crippen LogP contribution in [-0.4, -0.2) is 24.5 Å². The van der Waals surface area contributed by atoms with E-state index in [0.717, 1.165) is 19.4 Å². The average Bonchev–Trinajstić information content (AvgIpc) is 3.26. The summed E-state index contributed by atoms with van der Waals surface area (Å²) in [5.41, 5.74) is 1.47. The quantitative estimate of drug-likeness (QED) is 0.867. The summed E-state index contributed by atoms with van der Waals surface area (Å²) < 4.78 is 0. The van der Waals surface area contributed by atoms with Crippen LogP contribution in [0.1, 0.15) is 36.1 Å². The molecule has 0 aliphatic heterocycles. The highest BCUT2D eigenvalue weighted by molar-refractivity contribution is 7.09. The minimum atomic E-state index is 0.0145. The van der Waals surface area contributed by atoms with E-state index < -0.39 is 0 Å². The van der Waals surface area contributed by atoms with Crippen LogP contribution in [0.3, 0.4) is 0 Å². The molecule has 0 saturated heterocycles. The fourth-order valence-electron chi connectivity index (χ4n) is 3.50. The number of amides is 2. The number of carbonyl (C=O) groups is 1. The zero-order valence-electron chi connectivity index (χ0n) is 13.6. The van der Waals surface area contributed by atoms with Gasteiger partial charge in [-0.05, 0) is 29.9 Å². The Morgan fingerprint density at radius 3 is 2.57 bits per heavy atom. The Labute approximate surface area is 142 Å². The summed E-state index contributed by atoms with van der Waals surface area (Å²) in [6, 6.07) is 14.8. The molecule has 122 valence electrons. The van der Waals surface area contributed by atoms with E-state index in [1.807, 2.05) is 18.5 Å². The van der Waals surface area contributed by atoms with Gasteiger partial charge < -0.3 is 10.2 Å². The van der Waals surface area contributed by atoms with Gasteiger partial charge in [0.05, 0.1) is 6.54 Å². The molecule has 0 bridgehead atoms. The van der Waals surface area contributed by atoms with Crippen LogP contribution in [0, 0.1) is 0 Å². The Bertz CT molecular complexity index is 618. The number of thiophene rings is 1. The van der Waals surface area contributed by atoms with E-state index in [1.165, 1.54) is 23.3 Å². The van der Waals surface area contributed by atoms with Gasteiger partial charge in [-0.3, -0.25) is 0 Å². The number of carbonyl (C=O) groups excluding carboxylic acids is 1. The second-order valence-electron chi connectivity index (χ2n) is 6.45. The zero-order valence-corrected chi connectivity index (χ0v) is 14.4. The largest absolute Gasteiger partial charge is 0.337 e. The highest BCUT2D eigenvalue weighted by Crippen LogP contribution is 2.40. The third kappa shape index (κ3) is 3.75. The molecular formula is C19H24N2OS. The van der Waals surface area contributed by atoms with Gasteiger partial charge in [0, 0.05) is 23.9 Å². The fourth-order valence-corrected chi connectivity index (χ4v) is 4.26. The highest BCUT2D eigenvalue weighted by Gasteiger charge is 2.35. The van der Waals surface area contributed by atoms with Crippen molar-refractivity contribution in [2.75, 3.05) is 13.6 Å². The maximum absolute atomic E-state index is 12.4. The molecule has 2 amide bonds. The molecule has 1 saturated carbocycles. The van der Waals surface area contributed by atoms with Gasteiger partial charge >= 0.3 is 6.03 Å². The molecule has 1 aromatic carbocycles. The summed E-state index contributed by atoms with van der Waals surface area (Å²) in [5, 5.41) is 5.21. The van der Waals surface area contributed by atoms with Crippen molar-refractivity contribution in [1.29, 1.82) is 0 Å². The van der Waals surface area contributed by atoms with Gasteiger partial charge in [0.25, 0.3) is 0 Å². The molecule has 23 heavy (non-hydrogen) atoms. The lowest BCUT2D eigenvalue weighted by Gasteiger charge is -2.31. The lowest BCUT2D eigenvalue weighted by Crippen LogP contribution is -2.44. The van der Waals surface area contributed by atoms with Crippen LogP contribution >= 0.6 is 11.3 Å². The van der Waals surface area contributed by atoms with Gasteiger partial charge in [0.1, 0.15) is 0 Å². The minimum Gasteiger partial charge on any atom is -0.337 e. The molecule has 2 aromatic rings. The maximum atomic E-state index is 12.4. The van der Waals surface area contributed by atoms with Crippen LogP contribution in [0.15, 0.2) is 47.8 Å². The first-order valence-electron chi connectivity index (χ1n) is 8.26. The summed E-state index contributed by atoms with van der Waals surface area (Å²) in [4.78, 5) is 15.4. The molecule has 0 atom stereocenters. The maximum Gasteiger partial charge on any atom is 0.317 e. The second-order valence-corrected chi connectivity index (χ2v) is 7.48. The number of hydrogen-bond acceptors (Lipinski definition) is 2. The van der Waals surface area contributed by atoms with Crippen molar-refractivity contribution in [1.82, 2.24) is 10.2 Å². The van der Waals surface area contributed by atoms with Crippen molar-refractivity contribution < 1.29 is 4.79 Å². The van der Waals surface area contributed by atoms with E-state index in [0.29, 0.717) is 6.54 Å². The molecule has 0 spiro atoms. The van der Waals surface area contributed by atoms with Crippen molar-refractivity contribution in [3.05, 3.63) is 58.3 Å². The molecule has 1 heterocycles. The molecule has 1 aliphatic rings. The molecule has 3 nitrogen and oxygen atoms in total. The van der Waals surface area contributed by atoms with Gasteiger partial charge in [0.15, 0.2) is 0 Å². The van der Waals surface area contributed by atoms with Crippen LogP contribution in [0.4, 0.5) is 4.79 Å². The van der Waals surface area contributed by atoms with Crippen molar-refractivity contribution in [2.45, 2.75) is 37.6 Å². The van der Waals surface area contributed by atoms with Crippen molar-refractivity contribution >= 4 is 17.4 Å². The third-order valence-electron chi connectivity index (χ3n) is 4.84. The van der Waals surface area contributed by atoms with Gasteiger partial charge in [-0.25, -0.2) is 4.79 Å². The molecule has 0 unspecified atom stereocenters. The number of hydrogen-bond donors (Lipinski definition) is 1. The van der Waals surface area contributed by atoms with Crippen LogP contribution in [0.5, 0.6) is 0 Å².